The van der Waals surface area contributed by atoms with Crippen LogP contribution in [0.15, 0.2) is 99.1 Å². The molecule has 0 aliphatic rings. The number of nitrogens with zero attached hydrogens (tertiary/aromatic N) is 1. The first-order valence-corrected chi connectivity index (χ1v) is 15.0. The van der Waals surface area contributed by atoms with E-state index in [0.717, 1.165) is 0 Å². The smallest absolute Gasteiger partial charge is 0.349 e. The van der Waals surface area contributed by atoms with Crippen LogP contribution in [0.5, 0.6) is 5.75 Å². The van der Waals surface area contributed by atoms with E-state index in [9.17, 15) is 34.2 Å². The average Bonchev–Trinajstić information content (AvgIpc) is 3.05. The summed E-state index contributed by atoms with van der Waals surface area (Å²) in [5, 5.41) is 27.6. The number of carbonyl (C=O) groups is 4. The van der Waals surface area contributed by atoms with Gasteiger partial charge in [0.1, 0.15) is 35.0 Å². The highest BCUT2D eigenvalue weighted by Gasteiger charge is 2.30. The van der Waals surface area contributed by atoms with E-state index >= 15 is 0 Å². The van der Waals surface area contributed by atoms with Crippen molar-refractivity contribution in [2.45, 2.75) is 43.8 Å². The topological polar surface area (TPSA) is 239 Å². The molecule has 0 unspecified atom stereocenters. The average molecular weight is 657 g/mol. The maximum atomic E-state index is 13.9. The number of carboxylic acid groups (broad SMARTS) is 1. The molecule has 0 bridgehead atoms. The van der Waals surface area contributed by atoms with Crippen molar-refractivity contribution >= 4 is 40.6 Å². The van der Waals surface area contributed by atoms with Gasteiger partial charge in [0, 0.05) is 30.8 Å². The number of phenolic OH excluding ortho intramolecular Hbond substituents is 1. The zero-order valence-corrected chi connectivity index (χ0v) is 25.8. The molecule has 3 atom stereocenters. The minimum absolute atomic E-state index is 0.00582. The highest BCUT2D eigenvalue weighted by Crippen LogP contribution is 2.19. The fourth-order valence-electron chi connectivity index (χ4n) is 4.92. The first-order chi connectivity index (χ1) is 23.0. The molecule has 0 aliphatic carbocycles. The number of rotatable bonds is 15. The summed E-state index contributed by atoms with van der Waals surface area (Å²) >= 11 is 0. The van der Waals surface area contributed by atoms with Crippen LogP contribution in [0.25, 0.3) is 11.0 Å². The second-order valence-electron chi connectivity index (χ2n) is 11.0. The fraction of sp³-hybridized carbons (Fsp3) is 0.235. The van der Waals surface area contributed by atoms with Crippen molar-refractivity contribution in [3.63, 3.8) is 0 Å². The predicted octanol–water partition coefficient (Wildman–Crippen LogP) is 1.19. The minimum atomic E-state index is -1.30. The standard InChI is InChI=1S/C34H36N6O8/c35-34(36)37-15-7-12-25(32(45)46)38-30(43)27(17-21-10-5-2-6-11-21)40-31(44)26(16-20-8-3-1-4-9-20)39-29(42)24-18-22-13-14-23(41)19-28(22)48-33(24)47/h1-6,8-11,13-14,18-19,25-27,41H,7,12,15-17H2,(H,38,43)(H,39,42)(H,40,44)(H,45,46)(H4,35,36,37)/t25-,26-,27-/m0/s1. The molecule has 0 saturated carbocycles. The fourth-order valence-corrected chi connectivity index (χ4v) is 4.92. The van der Waals surface area contributed by atoms with Crippen LogP contribution in [0.2, 0.25) is 0 Å². The Morgan fingerprint density at radius 1 is 0.771 bits per heavy atom. The molecule has 4 aromatic rings. The Hall–Kier alpha value is -6.18. The van der Waals surface area contributed by atoms with Gasteiger partial charge in [-0.1, -0.05) is 60.7 Å². The summed E-state index contributed by atoms with van der Waals surface area (Å²) < 4.78 is 5.22. The Kier molecular flexibility index (Phi) is 11.9. The lowest BCUT2D eigenvalue weighted by Gasteiger charge is -2.25. The Balaban J connectivity index is 1.59. The number of aliphatic imine (C=N–C) groups is 1. The van der Waals surface area contributed by atoms with Crippen molar-refractivity contribution in [2.24, 2.45) is 16.5 Å². The van der Waals surface area contributed by atoms with Gasteiger partial charge < -0.3 is 42.0 Å². The van der Waals surface area contributed by atoms with Gasteiger partial charge in [0.05, 0.1) is 0 Å². The van der Waals surface area contributed by atoms with Crippen molar-refractivity contribution in [3.8, 4) is 5.75 Å². The highest BCUT2D eigenvalue weighted by atomic mass is 16.4. The highest BCUT2D eigenvalue weighted by molar-refractivity contribution is 6.00. The zero-order chi connectivity index (χ0) is 34.6. The van der Waals surface area contributed by atoms with Gasteiger partial charge in [-0.05, 0) is 42.2 Å². The summed E-state index contributed by atoms with van der Waals surface area (Å²) in [4.78, 5) is 69.3. The number of benzene rings is 3. The molecule has 250 valence electrons. The number of aromatic hydroxyl groups is 1. The van der Waals surface area contributed by atoms with E-state index in [1.807, 2.05) is 0 Å². The number of carboxylic acids is 1. The van der Waals surface area contributed by atoms with Crippen molar-refractivity contribution in [3.05, 3.63) is 112 Å². The Bertz CT molecular complexity index is 1840. The van der Waals surface area contributed by atoms with Crippen LogP contribution in [0.1, 0.15) is 34.3 Å². The monoisotopic (exact) mass is 656 g/mol. The molecule has 9 N–H and O–H groups in total. The van der Waals surface area contributed by atoms with Gasteiger partial charge in [0.15, 0.2) is 5.96 Å². The lowest BCUT2D eigenvalue weighted by Crippen LogP contribution is -2.57. The van der Waals surface area contributed by atoms with Crippen LogP contribution in [-0.4, -0.2) is 64.5 Å². The van der Waals surface area contributed by atoms with Crippen LogP contribution in [0, 0.1) is 0 Å². The molecule has 14 nitrogen and oxygen atoms in total. The first-order valence-electron chi connectivity index (χ1n) is 15.0. The molecule has 3 aromatic carbocycles. The first kappa shape index (κ1) is 34.7. The van der Waals surface area contributed by atoms with Gasteiger partial charge >= 0.3 is 11.6 Å². The van der Waals surface area contributed by atoms with E-state index in [1.165, 1.54) is 24.3 Å². The van der Waals surface area contributed by atoms with E-state index in [1.54, 1.807) is 60.7 Å². The summed E-state index contributed by atoms with van der Waals surface area (Å²) in [6.07, 6.45) is 0.281. The molecule has 0 aliphatic heterocycles. The van der Waals surface area contributed by atoms with Gasteiger partial charge in [-0.2, -0.15) is 0 Å². The molecule has 1 aromatic heterocycles. The van der Waals surface area contributed by atoms with Gasteiger partial charge in [-0.15, -0.1) is 0 Å². The number of amides is 3. The molecule has 0 radical (unpaired) electrons. The summed E-state index contributed by atoms with van der Waals surface area (Å²) in [5.74, 6) is -3.96. The normalized spacial score (nSPS) is 12.7. The van der Waals surface area contributed by atoms with Crippen molar-refractivity contribution in [2.75, 3.05) is 6.54 Å². The summed E-state index contributed by atoms with van der Waals surface area (Å²) in [5.41, 5.74) is 10.7. The lowest BCUT2D eigenvalue weighted by molar-refractivity contribution is -0.142. The number of guanidine groups is 1. The number of phenols is 1. The predicted molar refractivity (Wildman–Crippen MR) is 177 cm³/mol. The number of aliphatic carboxylic acids is 1. The molecule has 1 heterocycles. The summed E-state index contributed by atoms with van der Waals surface area (Å²) in [7, 11) is 0. The van der Waals surface area contributed by atoms with E-state index in [-0.39, 0.29) is 55.1 Å². The molecular formula is C34H36N6O8. The third-order valence-corrected chi connectivity index (χ3v) is 7.34. The number of fused-ring (bicyclic) bond motifs is 1. The SMILES string of the molecule is NC(N)=NCCC[C@H](NC(=O)[C@H](Cc1ccccc1)NC(=O)[C@H](Cc1ccccc1)NC(=O)c1cc2ccc(O)cc2oc1=O)C(=O)O. The zero-order valence-electron chi connectivity index (χ0n) is 25.8. The lowest BCUT2D eigenvalue weighted by atomic mass is 10.0. The maximum absolute atomic E-state index is 13.9. The number of carbonyl (C=O) groups excluding carboxylic acids is 3. The summed E-state index contributed by atoms with van der Waals surface area (Å²) in [6, 6.07) is 19.1. The van der Waals surface area contributed by atoms with Crippen molar-refractivity contribution in [1.29, 1.82) is 0 Å². The molecule has 0 saturated heterocycles. The van der Waals surface area contributed by atoms with E-state index in [2.05, 4.69) is 20.9 Å². The number of hydrogen-bond donors (Lipinski definition) is 7. The van der Waals surface area contributed by atoms with Crippen LogP contribution in [0.3, 0.4) is 0 Å². The van der Waals surface area contributed by atoms with Gasteiger partial charge in [-0.3, -0.25) is 19.4 Å². The molecule has 4 rings (SSSR count). The second kappa shape index (κ2) is 16.4. The third kappa shape index (κ3) is 9.91. The van der Waals surface area contributed by atoms with Crippen molar-refractivity contribution in [1.82, 2.24) is 16.0 Å². The van der Waals surface area contributed by atoms with E-state index < -0.39 is 47.4 Å². The van der Waals surface area contributed by atoms with E-state index in [4.69, 9.17) is 15.9 Å². The Labute approximate surface area is 274 Å². The molecular weight excluding hydrogens is 620 g/mol. The Morgan fingerprint density at radius 3 is 1.90 bits per heavy atom. The largest absolute Gasteiger partial charge is 0.508 e. The molecule has 48 heavy (non-hydrogen) atoms. The van der Waals surface area contributed by atoms with Crippen LogP contribution < -0.4 is 33.0 Å². The van der Waals surface area contributed by atoms with Gasteiger partial charge in [0.2, 0.25) is 11.8 Å². The van der Waals surface area contributed by atoms with E-state index in [0.29, 0.717) is 16.5 Å². The Morgan fingerprint density at radius 2 is 1.33 bits per heavy atom. The van der Waals surface area contributed by atoms with Crippen LogP contribution >= 0.6 is 0 Å². The van der Waals surface area contributed by atoms with Crippen LogP contribution in [-0.2, 0) is 27.2 Å². The van der Waals surface area contributed by atoms with Crippen LogP contribution in [0.4, 0.5) is 0 Å². The molecule has 14 heteroatoms. The molecule has 3 amide bonds. The number of nitrogens with two attached hydrogens (primary N) is 2. The van der Waals surface area contributed by atoms with Gasteiger partial charge in [0.25, 0.3) is 5.91 Å². The van der Waals surface area contributed by atoms with Crippen molar-refractivity contribution < 1.29 is 33.8 Å². The molecule has 0 spiro atoms. The minimum Gasteiger partial charge on any atom is -0.508 e. The second-order valence-corrected chi connectivity index (χ2v) is 11.0. The number of nitrogens with one attached hydrogen (secondary N) is 3. The molecule has 0 fully saturated rings. The third-order valence-electron chi connectivity index (χ3n) is 7.34. The van der Waals surface area contributed by atoms with Gasteiger partial charge in [-0.25, -0.2) is 9.59 Å². The maximum Gasteiger partial charge on any atom is 0.349 e. The quantitative estimate of drug-likeness (QED) is 0.0417. The number of hydrogen-bond acceptors (Lipinski definition) is 8. The summed E-state index contributed by atoms with van der Waals surface area (Å²) in [6.45, 7) is 0.158.